The lowest BCUT2D eigenvalue weighted by atomic mass is 10.2. The number of hydrogen-bond acceptors (Lipinski definition) is 5. The molecule has 1 heterocycles. The molecule has 25 heavy (non-hydrogen) atoms. The molecular formula is C18H22N2O2S3. The van der Waals surface area contributed by atoms with Gasteiger partial charge in [0.25, 0.3) is 5.91 Å². The van der Waals surface area contributed by atoms with E-state index >= 15 is 0 Å². The van der Waals surface area contributed by atoms with E-state index in [-0.39, 0.29) is 11.8 Å². The molecule has 0 aliphatic rings. The number of carbonyl (C=O) groups is 2. The van der Waals surface area contributed by atoms with Crippen molar-refractivity contribution in [2.75, 3.05) is 32.1 Å². The van der Waals surface area contributed by atoms with Gasteiger partial charge in [-0.1, -0.05) is 18.2 Å². The maximum atomic E-state index is 12.4. The summed E-state index contributed by atoms with van der Waals surface area (Å²) in [7, 11) is 3.46. The van der Waals surface area contributed by atoms with E-state index in [9.17, 15) is 9.59 Å². The van der Waals surface area contributed by atoms with Crippen LogP contribution in [0.25, 0.3) is 0 Å². The van der Waals surface area contributed by atoms with Gasteiger partial charge in [-0.15, -0.1) is 23.1 Å². The predicted molar refractivity (Wildman–Crippen MR) is 109 cm³/mol. The Morgan fingerprint density at radius 1 is 1.16 bits per heavy atom. The monoisotopic (exact) mass is 394 g/mol. The van der Waals surface area contributed by atoms with Crippen molar-refractivity contribution in [3.63, 3.8) is 0 Å². The Morgan fingerprint density at radius 2 is 1.96 bits per heavy atom. The first kappa shape index (κ1) is 19.9. The Morgan fingerprint density at radius 3 is 2.68 bits per heavy atom. The minimum atomic E-state index is -0.0860. The minimum Gasteiger partial charge on any atom is -0.351 e. The molecule has 2 aromatic rings. The topological polar surface area (TPSA) is 49.4 Å². The molecule has 2 rings (SSSR count). The van der Waals surface area contributed by atoms with Crippen LogP contribution in [-0.2, 0) is 10.5 Å². The van der Waals surface area contributed by atoms with Crippen molar-refractivity contribution in [3.05, 3.63) is 52.2 Å². The quantitative estimate of drug-likeness (QED) is 0.522. The lowest BCUT2D eigenvalue weighted by Gasteiger charge is -2.12. The number of carbonyl (C=O) groups excluding carboxylic acids is 2. The average molecular weight is 395 g/mol. The van der Waals surface area contributed by atoms with Crippen LogP contribution in [0.15, 0.2) is 46.7 Å². The Labute approximate surface area is 161 Å². The lowest BCUT2D eigenvalue weighted by Crippen LogP contribution is -2.26. The van der Waals surface area contributed by atoms with E-state index in [0.717, 1.165) is 16.4 Å². The zero-order chi connectivity index (χ0) is 18.1. The molecule has 0 atom stereocenters. The summed E-state index contributed by atoms with van der Waals surface area (Å²) in [5.41, 5.74) is 0.627. The van der Waals surface area contributed by atoms with Gasteiger partial charge in [-0.05, 0) is 23.6 Å². The van der Waals surface area contributed by atoms with Crippen LogP contribution in [0.5, 0.6) is 0 Å². The van der Waals surface area contributed by atoms with Crippen LogP contribution < -0.4 is 5.32 Å². The molecule has 1 aromatic carbocycles. The summed E-state index contributed by atoms with van der Waals surface area (Å²) >= 11 is 4.96. The van der Waals surface area contributed by atoms with Gasteiger partial charge in [-0.25, -0.2) is 0 Å². The van der Waals surface area contributed by atoms with Gasteiger partial charge in [0.05, 0.1) is 11.3 Å². The summed E-state index contributed by atoms with van der Waals surface area (Å²) in [6.07, 6.45) is 0. The Bertz CT molecular complexity index is 687. The van der Waals surface area contributed by atoms with Crippen molar-refractivity contribution in [3.8, 4) is 0 Å². The maximum Gasteiger partial charge on any atom is 0.252 e. The van der Waals surface area contributed by atoms with Gasteiger partial charge in [-0.3, -0.25) is 9.59 Å². The van der Waals surface area contributed by atoms with Crippen LogP contribution in [0.2, 0.25) is 0 Å². The molecule has 0 radical (unpaired) electrons. The van der Waals surface area contributed by atoms with Gasteiger partial charge in [0.1, 0.15) is 0 Å². The molecule has 1 N–H and O–H groups in total. The second-order valence-corrected chi connectivity index (χ2v) is 8.62. The molecule has 0 unspecified atom stereocenters. The summed E-state index contributed by atoms with van der Waals surface area (Å²) in [5, 5.41) is 5.04. The molecule has 0 saturated carbocycles. The number of thioether (sulfide) groups is 2. The number of amides is 2. The smallest absolute Gasteiger partial charge is 0.252 e. The minimum absolute atomic E-state index is 0.0326. The first-order chi connectivity index (χ1) is 12.1. The molecule has 7 heteroatoms. The Hall–Kier alpha value is -1.44. The number of benzene rings is 1. The molecule has 0 aliphatic heterocycles. The van der Waals surface area contributed by atoms with Crippen LogP contribution in [-0.4, -0.2) is 48.9 Å². The van der Waals surface area contributed by atoms with Crippen molar-refractivity contribution in [2.24, 2.45) is 0 Å². The third-order valence-corrected chi connectivity index (χ3v) is 6.46. The average Bonchev–Trinajstić information content (AvgIpc) is 3.12. The van der Waals surface area contributed by atoms with Crippen LogP contribution >= 0.6 is 34.9 Å². The van der Waals surface area contributed by atoms with E-state index in [2.05, 4.69) is 22.8 Å². The molecular weight excluding hydrogens is 372 g/mol. The van der Waals surface area contributed by atoms with Gasteiger partial charge in [0.15, 0.2) is 0 Å². The van der Waals surface area contributed by atoms with E-state index in [1.807, 2.05) is 30.0 Å². The third-order valence-electron chi connectivity index (χ3n) is 3.34. The van der Waals surface area contributed by atoms with Gasteiger partial charge in [0.2, 0.25) is 5.91 Å². The van der Waals surface area contributed by atoms with E-state index in [0.29, 0.717) is 17.9 Å². The highest BCUT2D eigenvalue weighted by Gasteiger charge is 2.13. The molecule has 4 nitrogen and oxygen atoms in total. The summed E-state index contributed by atoms with van der Waals surface area (Å²) < 4.78 is 0. The molecule has 0 spiro atoms. The predicted octanol–water partition coefficient (Wildman–Crippen LogP) is 3.59. The zero-order valence-electron chi connectivity index (χ0n) is 14.4. The summed E-state index contributed by atoms with van der Waals surface area (Å²) in [4.78, 5) is 27.9. The first-order valence-electron chi connectivity index (χ1n) is 7.88. The second kappa shape index (κ2) is 10.5. The van der Waals surface area contributed by atoms with Crippen LogP contribution in [0.3, 0.4) is 0 Å². The molecule has 0 bridgehead atoms. The fourth-order valence-corrected chi connectivity index (χ4v) is 4.68. The fraction of sp³-hybridized carbons (Fsp3) is 0.333. The molecule has 0 fully saturated rings. The molecule has 2 amide bonds. The standard InChI is InChI=1S/C18H22N2O2S3/c1-20(2)17(21)13-25-16-8-4-3-7-15(16)18(22)19-9-11-23-12-14-6-5-10-24-14/h3-8,10H,9,11-13H2,1-2H3,(H,19,22). The normalized spacial score (nSPS) is 10.5. The number of rotatable bonds is 9. The number of nitrogens with one attached hydrogen (secondary N) is 1. The SMILES string of the molecule is CN(C)C(=O)CSc1ccccc1C(=O)NCCSCc1cccs1. The Kier molecular flexibility index (Phi) is 8.37. The fourth-order valence-electron chi connectivity index (χ4n) is 1.95. The van der Waals surface area contributed by atoms with Crippen LogP contribution in [0.4, 0.5) is 0 Å². The number of thiophene rings is 1. The van der Waals surface area contributed by atoms with Crippen molar-refractivity contribution in [1.29, 1.82) is 0 Å². The van der Waals surface area contributed by atoms with E-state index < -0.39 is 0 Å². The van der Waals surface area contributed by atoms with Crippen LogP contribution in [0, 0.1) is 0 Å². The van der Waals surface area contributed by atoms with Crippen molar-refractivity contribution >= 4 is 46.7 Å². The number of hydrogen-bond donors (Lipinski definition) is 1. The van der Waals surface area contributed by atoms with Gasteiger partial charge in [0, 0.05) is 41.9 Å². The van der Waals surface area contributed by atoms with Crippen molar-refractivity contribution in [1.82, 2.24) is 10.2 Å². The Balaban J connectivity index is 1.79. The van der Waals surface area contributed by atoms with Crippen molar-refractivity contribution in [2.45, 2.75) is 10.6 Å². The van der Waals surface area contributed by atoms with Gasteiger partial charge in [-0.2, -0.15) is 11.8 Å². The highest BCUT2D eigenvalue weighted by atomic mass is 32.2. The van der Waals surface area contributed by atoms with E-state index in [1.54, 1.807) is 36.4 Å². The van der Waals surface area contributed by atoms with Crippen molar-refractivity contribution < 1.29 is 9.59 Å². The van der Waals surface area contributed by atoms with Gasteiger partial charge >= 0.3 is 0 Å². The largest absolute Gasteiger partial charge is 0.351 e. The summed E-state index contributed by atoms with van der Waals surface area (Å²) in [6.45, 7) is 0.629. The highest BCUT2D eigenvalue weighted by Crippen LogP contribution is 2.23. The molecule has 134 valence electrons. The van der Waals surface area contributed by atoms with Crippen LogP contribution in [0.1, 0.15) is 15.2 Å². The first-order valence-corrected chi connectivity index (χ1v) is 10.9. The zero-order valence-corrected chi connectivity index (χ0v) is 16.8. The summed E-state index contributed by atoms with van der Waals surface area (Å²) in [5.74, 6) is 2.13. The highest BCUT2D eigenvalue weighted by molar-refractivity contribution is 8.00. The molecule has 0 aliphatic carbocycles. The number of nitrogens with zero attached hydrogens (tertiary/aromatic N) is 1. The van der Waals surface area contributed by atoms with Gasteiger partial charge < -0.3 is 10.2 Å². The third kappa shape index (κ3) is 6.76. The second-order valence-electron chi connectivity index (χ2n) is 5.46. The van der Waals surface area contributed by atoms with E-state index in [1.165, 1.54) is 16.6 Å². The van der Waals surface area contributed by atoms with E-state index in [4.69, 9.17) is 0 Å². The molecule has 0 saturated heterocycles. The summed E-state index contributed by atoms with van der Waals surface area (Å²) in [6, 6.07) is 11.6. The molecule has 1 aromatic heterocycles. The maximum absolute atomic E-state index is 12.4. The lowest BCUT2D eigenvalue weighted by molar-refractivity contribution is -0.125.